The molecule has 9 nitrogen and oxygen atoms in total. The predicted molar refractivity (Wildman–Crippen MR) is 205 cm³/mol. The first-order valence-electron chi connectivity index (χ1n) is 19.4. The van der Waals surface area contributed by atoms with Crippen molar-refractivity contribution in [2.75, 3.05) is 47.5 Å². The number of nitrogens with zero attached hydrogens (tertiary/aromatic N) is 1. The summed E-state index contributed by atoms with van der Waals surface area (Å²) in [6.07, 6.45) is 35.7. The van der Waals surface area contributed by atoms with Gasteiger partial charge in [-0.25, -0.2) is 0 Å². The maximum atomic E-state index is 12.6. The van der Waals surface area contributed by atoms with E-state index in [-0.39, 0.29) is 38.6 Å². The van der Waals surface area contributed by atoms with Gasteiger partial charge in [0.25, 0.3) is 0 Å². The monoisotopic (exact) mass is 718 g/mol. The van der Waals surface area contributed by atoms with Crippen molar-refractivity contribution in [3.8, 4) is 0 Å². The van der Waals surface area contributed by atoms with Gasteiger partial charge in [0.15, 0.2) is 12.4 Å². The third-order valence-electron chi connectivity index (χ3n) is 7.81. The molecular weight excluding hydrogens is 646 g/mol. The molecular formula is C42H71NO8. The Morgan fingerprint density at radius 3 is 1.59 bits per heavy atom. The second kappa shape index (κ2) is 34.1. The number of unbranched alkanes of at least 4 members (excludes halogenated alkanes) is 10. The van der Waals surface area contributed by atoms with Gasteiger partial charge < -0.3 is 33.3 Å². The fourth-order valence-corrected chi connectivity index (χ4v) is 4.78. The van der Waals surface area contributed by atoms with E-state index in [1.807, 2.05) is 33.3 Å². The highest BCUT2D eigenvalue weighted by Gasteiger charge is 2.21. The van der Waals surface area contributed by atoms with E-state index in [2.05, 4.69) is 56.4 Å². The Labute approximate surface area is 310 Å². The Balaban J connectivity index is 4.70. The lowest BCUT2D eigenvalue weighted by Gasteiger charge is -2.26. The summed E-state index contributed by atoms with van der Waals surface area (Å²) in [5.74, 6) is -2.46. The average molecular weight is 718 g/mol. The van der Waals surface area contributed by atoms with E-state index in [0.29, 0.717) is 17.4 Å². The molecule has 9 heteroatoms. The van der Waals surface area contributed by atoms with Crippen LogP contribution in [0.25, 0.3) is 0 Å². The molecule has 0 N–H and O–H groups in total. The van der Waals surface area contributed by atoms with E-state index in [4.69, 9.17) is 18.9 Å². The van der Waals surface area contributed by atoms with E-state index < -0.39 is 24.3 Å². The Kier molecular flexibility index (Phi) is 32.1. The van der Waals surface area contributed by atoms with Crippen LogP contribution in [0.1, 0.15) is 129 Å². The van der Waals surface area contributed by atoms with Crippen molar-refractivity contribution in [3.05, 3.63) is 60.8 Å². The highest BCUT2D eigenvalue weighted by Crippen LogP contribution is 2.12. The van der Waals surface area contributed by atoms with Crippen LogP contribution in [0.5, 0.6) is 0 Å². The van der Waals surface area contributed by atoms with Gasteiger partial charge >= 0.3 is 11.9 Å². The van der Waals surface area contributed by atoms with E-state index in [1.54, 1.807) is 6.08 Å². The van der Waals surface area contributed by atoms with Crippen molar-refractivity contribution in [1.82, 2.24) is 0 Å². The van der Waals surface area contributed by atoms with Crippen LogP contribution in [0.3, 0.4) is 0 Å². The summed E-state index contributed by atoms with van der Waals surface area (Å²) < 4.78 is 22.3. The number of likely N-dealkylation sites (N-methyl/N-ethyl adjacent to an activating group) is 1. The predicted octanol–water partition coefficient (Wildman–Crippen LogP) is 8.10. The number of carbonyl (C=O) groups is 3. The molecule has 0 aliphatic rings. The quantitative estimate of drug-likeness (QED) is 0.0216. The number of carbonyl (C=O) groups excluding carboxylic acids is 3. The number of quaternary nitrogens is 1. The number of aliphatic carboxylic acids is 1. The zero-order valence-corrected chi connectivity index (χ0v) is 32.7. The number of carboxylic acid groups (broad SMARTS) is 1. The second-order valence-electron chi connectivity index (χ2n) is 13.9. The fraction of sp³-hybridized carbons (Fsp3) is 0.690. The number of allylic oxidation sites excluding steroid dienone is 9. The average Bonchev–Trinajstić information content (AvgIpc) is 3.08. The first-order valence-corrected chi connectivity index (χ1v) is 19.4. The van der Waals surface area contributed by atoms with Crippen LogP contribution in [0.15, 0.2) is 60.8 Å². The third-order valence-corrected chi connectivity index (χ3v) is 7.81. The Bertz CT molecular complexity index is 1020. The molecule has 0 aromatic rings. The van der Waals surface area contributed by atoms with Gasteiger partial charge in [-0.05, 0) is 38.5 Å². The molecule has 0 aromatic carbocycles. The molecule has 51 heavy (non-hydrogen) atoms. The summed E-state index contributed by atoms with van der Waals surface area (Å²) in [6.45, 7) is 4.47. The minimum Gasteiger partial charge on any atom is -0.545 e. The van der Waals surface area contributed by atoms with Crippen molar-refractivity contribution in [3.63, 3.8) is 0 Å². The molecule has 0 spiro atoms. The highest BCUT2D eigenvalue weighted by molar-refractivity contribution is 5.71. The molecule has 0 rings (SSSR count). The smallest absolute Gasteiger partial charge is 0.310 e. The molecule has 2 atom stereocenters. The molecule has 0 radical (unpaired) electrons. The number of ether oxygens (including phenoxy) is 4. The molecule has 2 unspecified atom stereocenters. The lowest BCUT2D eigenvalue weighted by molar-refractivity contribution is -0.870. The van der Waals surface area contributed by atoms with Gasteiger partial charge in [-0.15, -0.1) is 0 Å². The minimum atomic E-state index is -1.64. The number of hydrogen-bond donors (Lipinski definition) is 0. The van der Waals surface area contributed by atoms with Gasteiger partial charge in [-0.2, -0.15) is 0 Å². The van der Waals surface area contributed by atoms with Gasteiger partial charge in [0.2, 0.25) is 0 Å². The SMILES string of the molecule is CC/C=C\C/C=C\C/C=C\C/C=C\C/C=C\CC(=O)OC(COC(=O)CCCCCCCCCCCCC)COC(OCC[N+](C)(C)C)C(=O)[O-]. The molecule has 0 aliphatic carbocycles. The van der Waals surface area contributed by atoms with Crippen LogP contribution in [0.2, 0.25) is 0 Å². The Hall–Kier alpha value is -3.01. The Morgan fingerprint density at radius 1 is 0.608 bits per heavy atom. The summed E-state index contributed by atoms with van der Waals surface area (Å²) >= 11 is 0. The van der Waals surface area contributed by atoms with Crippen LogP contribution >= 0.6 is 0 Å². The number of rotatable bonds is 34. The second-order valence-corrected chi connectivity index (χ2v) is 13.9. The lowest BCUT2D eigenvalue weighted by Crippen LogP contribution is -2.44. The molecule has 0 bridgehead atoms. The molecule has 0 aliphatic heterocycles. The van der Waals surface area contributed by atoms with Crippen LogP contribution in [-0.2, 0) is 33.3 Å². The zero-order valence-electron chi connectivity index (χ0n) is 32.7. The van der Waals surface area contributed by atoms with Crippen molar-refractivity contribution in [2.24, 2.45) is 0 Å². The molecule has 292 valence electrons. The van der Waals surface area contributed by atoms with E-state index in [1.165, 1.54) is 51.4 Å². The third kappa shape index (κ3) is 35.2. The van der Waals surface area contributed by atoms with Crippen LogP contribution in [0.4, 0.5) is 0 Å². The largest absolute Gasteiger partial charge is 0.545 e. The van der Waals surface area contributed by atoms with Gasteiger partial charge in [-0.1, -0.05) is 139 Å². The molecule has 0 fully saturated rings. The maximum Gasteiger partial charge on any atom is 0.310 e. The summed E-state index contributed by atoms with van der Waals surface area (Å²) in [4.78, 5) is 36.7. The lowest BCUT2D eigenvalue weighted by atomic mass is 10.1. The van der Waals surface area contributed by atoms with Gasteiger partial charge in [0, 0.05) is 6.42 Å². The van der Waals surface area contributed by atoms with Crippen molar-refractivity contribution >= 4 is 17.9 Å². The maximum absolute atomic E-state index is 12.6. The van der Waals surface area contributed by atoms with Crippen LogP contribution in [-0.4, -0.2) is 82.3 Å². The summed E-state index contributed by atoms with van der Waals surface area (Å²) in [5, 5.41) is 11.6. The highest BCUT2D eigenvalue weighted by atomic mass is 16.7. The van der Waals surface area contributed by atoms with E-state index in [0.717, 1.165) is 44.9 Å². The van der Waals surface area contributed by atoms with Crippen molar-refractivity contribution in [2.45, 2.75) is 142 Å². The Morgan fingerprint density at radius 2 is 1.10 bits per heavy atom. The molecule has 0 aromatic heterocycles. The summed E-state index contributed by atoms with van der Waals surface area (Å²) in [5.41, 5.74) is 0. The fourth-order valence-electron chi connectivity index (χ4n) is 4.78. The first kappa shape index (κ1) is 48.0. The van der Waals surface area contributed by atoms with E-state index >= 15 is 0 Å². The van der Waals surface area contributed by atoms with Crippen molar-refractivity contribution < 1.29 is 42.9 Å². The summed E-state index contributed by atoms with van der Waals surface area (Å²) in [6, 6.07) is 0. The van der Waals surface area contributed by atoms with Crippen LogP contribution in [0, 0.1) is 0 Å². The zero-order chi connectivity index (χ0) is 37.8. The normalized spacial score (nSPS) is 13.7. The van der Waals surface area contributed by atoms with Gasteiger partial charge in [0.1, 0.15) is 13.2 Å². The number of hydrogen-bond acceptors (Lipinski definition) is 8. The minimum absolute atomic E-state index is 0.0145. The van der Waals surface area contributed by atoms with Gasteiger partial charge in [-0.3, -0.25) is 9.59 Å². The topological polar surface area (TPSA) is 111 Å². The number of carboxylic acids is 1. The standard InChI is InChI=1S/C42H71NO8/c1-6-8-10-12-14-16-18-19-20-21-23-25-27-29-31-33-40(45)51-38(37-50-42(41(46)47)48-35-34-43(3,4)5)36-49-39(44)32-30-28-26-24-22-17-15-13-11-9-7-2/h8,10,14,16,19-20,23,25,29,31,38,42H,6-7,9,11-13,15,17-18,21-22,24,26-28,30,32-37H2,1-5H3/b10-8-,16-14-,20-19-,25-23-,31-29-. The molecule has 0 heterocycles. The number of esters is 2. The molecule has 0 saturated carbocycles. The molecule has 0 amide bonds. The van der Waals surface area contributed by atoms with E-state index in [9.17, 15) is 19.5 Å². The summed E-state index contributed by atoms with van der Waals surface area (Å²) in [7, 11) is 5.86. The molecule has 0 saturated heterocycles. The van der Waals surface area contributed by atoms with Crippen LogP contribution < -0.4 is 5.11 Å². The van der Waals surface area contributed by atoms with Crippen molar-refractivity contribution in [1.29, 1.82) is 0 Å². The van der Waals surface area contributed by atoms with Gasteiger partial charge in [0.05, 0.1) is 46.7 Å². The first-order chi connectivity index (χ1) is 24.6.